The van der Waals surface area contributed by atoms with Crippen molar-refractivity contribution in [2.24, 2.45) is 0 Å². The molecule has 1 unspecified atom stereocenters. The topological polar surface area (TPSA) is 66.8 Å². The van der Waals surface area contributed by atoms with Crippen molar-refractivity contribution in [3.63, 3.8) is 0 Å². The van der Waals surface area contributed by atoms with Crippen molar-refractivity contribution in [1.82, 2.24) is 4.90 Å². The number of aliphatic carboxylic acids is 1. The zero-order valence-electron chi connectivity index (χ0n) is 8.76. The first-order valence-corrected chi connectivity index (χ1v) is 6.22. The molecule has 0 aliphatic carbocycles. The van der Waals surface area contributed by atoms with Crippen LogP contribution in [0.4, 0.5) is 0 Å². The zero-order valence-corrected chi connectivity index (χ0v) is 10.3. The van der Waals surface area contributed by atoms with E-state index in [1.165, 1.54) is 16.2 Å². The number of hydrogen-bond acceptors (Lipinski definition) is 4. The lowest BCUT2D eigenvalue weighted by Gasteiger charge is -2.30. The van der Waals surface area contributed by atoms with Crippen molar-refractivity contribution < 1.29 is 19.4 Å². The van der Waals surface area contributed by atoms with E-state index in [0.29, 0.717) is 16.4 Å². The molecule has 7 heteroatoms. The molecular weight excluding hydrogens is 266 g/mol. The fraction of sp³-hybridized carbons (Fsp3) is 0.400. The van der Waals surface area contributed by atoms with Gasteiger partial charge in [0.25, 0.3) is 5.91 Å². The highest BCUT2D eigenvalue weighted by Gasteiger charge is 2.30. The van der Waals surface area contributed by atoms with Crippen LogP contribution in [0, 0.1) is 0 Å². The van der Waals surface area contributed by atoms with Crippen LogP contribution in [0.1, 0.15) is 9.67 Å². The van der Waals surface area contributed by atoms with Gasteiger partial charge in [0.15, 0.2) is 6.10 Å². The second-order valence-electron chi connectivity index (χ2n) is 3.55. The predicted octanol–water partition coefficient (Wildman–Crippen LogP) is 1.33. The van der Waals surface area contributed by atoms with E-state index in [4.69, 9.17) is 21.4 Å². The first-order valence-electron chi connectivity index (χ1n) is 4.96. The van der Waals surface area contributed by atoms with Crippen LogP contribution >= 0.6 is 22.9 Å². The second-order valence-corrected chi connectivity index (χ2v) is 4.87. The van der Waals surface area contributed by atoms with E-state index in [1.807, 2.05) is 0 Å². The number of amides is 1. The van der Waals surface area contributed by atoms with Crippen LogP contribution in [-0.4, -0.2) is 47.7 Å². The lowest BCUT2D eigenvalue weighted by molar-refractivity contribution is -0.154. The number of carbonyl (C=O) groups excluding carboxylic acids is 1. The van der Waals surface area contributed by atoms with Gasteiger partial charge in [0, 0.05) is 6.54 Å². The van der Waals surface area contributed by atoms with Gasteiger partial charge in [-0.1, -0.05) is 11.6 Å². The molecule has 0 bridgehead atoms. The number of halogens is 1. The smallest absolute Gasteiger partial charge is 0.334 e. The quantitative estimate of drug-likeness (QED) is 0.884. The van der Waals surface area contributed by atoms with Crippen LogP contribution < -0.4 is 0 Å². The van der Waals surface area contributed by atoms with Crippen LogP contribution in [-0.2, 0) is 9.53 Å². The fourth-order valence-electron chi connectivity index (χ4n) is 1.57. The highest BCUT2D eigenvalue weighted by atomic mass is 35.5. The molecule has 1 amide bonds. The summed E-state index contributed by atoms with van der Waals surface area (Å²) >= 11 is 7.12. The SMILES string of the molecule is O=C(O)C1CN(C(=O)c2sccc2Cl)CCO1. The molecular formula is C10H10ClNO4S. The van der Waals surface area contributed by atoms with Gasteiger partial charge in [0.05, 0.1) is 18.2 Å². The molecule has 5 nitrogen and oxygen atoms in total. The van der Waals surface area contributed by atoms with Crippen LogP contribution in [0.3, 0.4) is 0 Å². The Kier molecular flexibility index (Phi) is 3.66. The fourth-order valence-corrected chi connectivity index (χ4v) is 2.68. The van der Waals surface area contributed by atoms with Gasteiger partial charge in [-0.05, 0) is 11.4 Å². The van der Waals surface area contributed by atoms with E-state index < -0.39 is 12.1 Å². The third kappa shape index (κ3) is 2.59. The van der Waals surface area contributed by atoms with Crippen molar-refractivity contribution in [3.8, 4) is 0 Å². The Bertz CT molecular complexity index is 447. The van der Waals surface area contributed by atoms with Gasteiger partial charge in [-0.3, -0.25) is 4.79 Å². The number of rotatable bonds is 2. The standard InChI is InChI=1S/C10H10ClNO4S/c11-6-1-4-17-8(6)9(13)12-2-3-16-7(5-12)10(14)15/h1,4,7H,2-3,5H2,(H,14,15). The molecule has 17 heavy (non-hydrogen) atoms. The Balaban J connectivity index is 2.10. The predicted molar refractivity (Wildman–Crippen MR) is 62.6 cm³/mol. The van der Waals surface area contributed by atoms with Gasteiger partial charge in [-0.2, -0.15) is 0 Å². The minimum absolute atomic E-state index is 0.0579. The van der Waals surface area contributed by atoms with Crippen LogP contribution in [0.2, 0.25) is 5.02 Å². The molecule has 1 N–H and O–H groups in total. The van der Waals surface area contributed by atoms with Crippen LogP contribution in [0.15, 0.2) is 11.4 Å². The van der Waals surface area contributed by atoms with Crippen LogP contribution in [0.25, 0.3) is 0 Å². The Morgan fingerprint density at radius 3 is 2.94 bits per heavy atom. The molecule has 0 aromatic carbocycles. The number of thiophene rings is 1. The van der Waals surface area contributed by atoms with E-state index in [0.717, 1.165) is 0 Å². The molecule has 1 atom stereocenters. The number of carbonyl (C=O) groups is 2. The molecule has 92 valence electrons. The Labute approximate surface area is 107 Å². The Morgan fingerprint density at radius 1 is 1.59 bits per heavy atom. The molecule has 1 aliphatic heterocycles. The van der Waals surface area contributed by atoms with Crippen molar-refractivity contribution in [2.75, 3.05) is 19.7 Å². The van der Waals surface area contributed by atoms with Crippen molar-refractivity contribution in [3.05, 3.63) is 21.3 Å². The summed E-state index contributed by atoms with van der Waals surface area (Å²) in [6.45, 7) is 0.672. The van der Waals surface area contributed by atoms with Crippen molar-refractivity contribution in [1.29, 1.82) is 0 Å². The Morgan fingerprint density at radius 2 is 2.35 bits per heavy atom. The third-order valence-corrected chi connectivity index (χ3v) is 3.77. The van der Waals surface area contributed by atoms with Gasteiger partial charge in [0.2, 0.25) is 0 Å². The summed E-state index contributed by atoms with van der Waals surface area (Å²) in [5.41, 5.74) is 0. The lowest BCUT2D eigenvalue weighted by atomic mass is 10.2. The minimum Gasteiger partial charge on any atom is -0.479 e. The highest BCUT2D eigenvalue weighted by Crippen LogP contribution is 2.24. The number of carboxylic acids is 1. The second kappa shape index (κ2) is 5.03. The maximum absolute atomic E-state index is 12.1. The molecule has 1 aromatic rings. The third-order valence-electron chi connectivity index (χ3n) is 2.44. The molecule has 1 fully saturated rings. The summed E-state index contributed by atoms with van der Waals surface area (Å²) in [7, 11) is 0. The molecule has 1 aromatic heterocycles. The summed E-state index contributed by atoms with van der Waals surface area (Å²) < 4.78 is 5.04. The lowest BCUT2D eigenvalue weighted by Crippen LogP contribution is -2.48. The normalized spacial score (nSPS) is 20.3. The summed E-state index contributed by atoms with van der Waals surface area (Å²) in [5.74, 6) is -1.29. The largest absolute Gasteiger partial charge is 0.479 e. The van der Waals surface area contributed by atoms with Crippen LogP contribution in [0.5, 0.6) is 0 Å². The van der Waals surface area contributed by atoms with E-state index in [-0.39, 0.29) is 19.1 Å². The zero-order chi connectivity index (χ0) is 12.4. The van der Waals surface area contributed by atoms with Gasteiger partial charge in [-0.25, -0.2) is 4.79 Å². The summed E-state index contributed by atoms with van der Waals surface area (Å²) in [4.78, 5) is 24.7. The molecule has 0 radical (unpaired) electrons. The minimum atomic E-state index is -1.06. The van der Waals surface area contributed by atoms with E-state index in [1.54, 1.807) is 11.4 Å². The number of carboxylic acid groups (broad SMARTS) is 1. The molecule has 1 saturated heterocycles. The summed E-state index contributed by atoms with van der Waals surface area (Å²) in [5, 5.41) is 11.0. The maximum Gasteiger partial charge on any atom is 0.334 e. The summed E-state index contributed by atoms with van der Waals surface area (Å²) in [6.07, 6.45) is -0.952. The number of nitrogens with zero attached hydrogens (tertiary/aromatic N) is 1. The Hall–Kier alpha value is -1.11. The first-order chi connectivity index (χ1) is 8.09. The van der Waals surface area contributed by atoms with E-state index in [9.17, 15) is 9.59 Å². The maximum atomic E-state index is 12.1. The van der Waals surface area contributed by atoms with Gasteiger partial charge in [0.1, 0.15) is 4.88 Å². The number of ether oxygens (including phenoxy) is 1. The molecule has 2 heterocycles. The van der Waals surface area contributed by atoms with Gasteiger partial charge >= 0.3 is 5.97 Å². The monoisotopic (exact) mass is 275 g/mol. The number of hydrogen-bond donors (Lipinski definition) is 1. The van der Waals surface area contributed by atoms with E-state index >= 15 is 0 Å². The van der Waals surface area contributed by atoms with Crippen molar-refractivity contribution in [2.45, 2.75) is 6.10 Å². The van der Waals surface area contributed by atoms with E-state index in [2.05, 4.69) is 0 Å². The molecule has 2 rings (SSSR count). The highest BCUT2D eigenvalue weighted by molar-refractivity contribution is 7.12. The van der Waals surface area contributed by atoms with Gasteiger partial charge < -0.3 is 14.7 Å². The molecule has 0 spiro atoms. The number of morpholine rings is 1. The average molecular weight is 276 g/mol. The van der Waals surface area contributed by atoms with Crippen molar-refractivity contribution >= 4 is 34.8 Å². The first kappa shape index (κ1) is 12.3. The summed E-state index contributed by atoms with van der Waals surface area (Å²) in [6, 6.07) is 1.65. The molecule has 0 saturated carbocycles. The average Bonchev–Trinajstić information content (AvgIpc) is 2.74. The molecule has 1 aliphatic rings. The van der Waals surface area contributed by atoms with Gasteiger partial charge in [-0.15, -0.1) is 11.3 Å².